The van der Waals surface area contributed by atoms with E-state index < -0.39 is 17.7 Å². The van der Waals surface area contributed by atoms with Crippen molar-refractivity contribution in [2.45, 2.75) is 19.9 Å². The highest BCUT2D eigenvalue weighted by atomic mass is 19.1. The molecule has 5 nitrogen and oxygen atoms in total. The highest BCUT2D eigenvalue weighted by Crippen LogP contribution is 2.19. The van der Waals surface area contributed by atoms with E-state index in [4.69, 9.17) is 0 Å². The fourth-order valence-electron chi connectivity index (χ4n) is 2.76. The zero-order valence-corrected chi connectivity index (χ0v) is 15.3. The third-order valence-corrected chi connectivity index (χ3v) is 4.17. The molecule has 0 bridgehead atoms. The first-order valence-corrected chi connectivity index (χ1v) is 8.64. The van der Waals surface area contributed by atoms with E-state index in [0.29, 0.717) is 17.2 Å². The number of rotatable bonds is 6. The fraction of sp³-hybridized carbons (Fsp3) is 0.200. The lowest BCUT2D eigenvalue weighted by atomic mass is 10.1. The minimum atomic E-state index is -0.676. The summed E-state index contributed by atoms with van der Waals surface area (Å²) in [6.07, 6.45) is 0. The molecule has 28 heavy (non-hydrogen) atoms. The number of carbonyl (C=O) groups is 1. The number of halogens is 3. The number of benzene rings is 2. The van der Waals surface area contributed by atoms with Crippen LogP contribution in [0.3, 0.4) is 0 Å². The van der Waals surface area contributed by atoms with Gasteiger partial charge in [0.1, 0.15) is 23.3 Å². The molecule has 0 aliphatic heterocycles. The average molecular weight is 388 g/mol. The van der Waals surface area contributed by atoms with Crippen LogP contribution in [0.25, 0.3) is 5.69 Å². The van der Waals surface area contributed by atoms with Gasteiger partial charge < -0.3 is 10.6 Å². The summed E-state index contributed by atoms with van der Waals surface area (Å²) in [7, 11) is 0. The molecule has 0 fully saturated rings. The number of carbonyl (C=O) groups excluding carboxylic acids is 1. The van der Waals surface area contributed by atoms with Gasteiger partial charge in [-0.3, -0.25) is 4.79 Å². The maximum atomic E-state index is 13.8. The molecule has 1 atom stereocenters. The summed E-state index contributed by atoms with van der Waals surface area (Å²) < 4.78 is 41.5. The van der Waals surface area contributed by atoms with Gasteiger partial charge in [-0.15, -0.1) is 0 Å². The molecule has 146 valence electrons. The predicted octanol–water partition coefficient (Wildman–Crippen LogP) is 3.89. The standard InChI is InChI=1S/C20H19F3N4O/c1-12-9-19(27(26-12)16-6-3-14(21)4-7-16)25-20(28)11-24-13(2)17-8-5-15(22)10-18(17)23/h3-10,13,24H,11H2,1-2H3,(H,25,28)/t13-/m0/s1. The Kier molecular flexibility index (Phi) is 5.79. The summed E-state index contributed by atoms with van der Waals surface area (Å²) in [6, 6.07) is 10.2. The summed E-state index contributed by atoms with van der Waals surface area (Å²) in [5.74, 6) is -1.64. The van der Waals surface area contributed by atoms with Crippen LogP contribution in [0.5, 0.6) is 0 Å². The van der Waals surface area contributed by atoms with Crippen molar-refractivity contribution >= 4 is 11.7 Å². The molecule has 0 unspecified atom stereocenters. The van der Waals surface area contributed by atoms with E-state index >= 15 is 0 Å². The van der Waals surface area contributed by atoms with Crippen molar-refractivity contribution < 1.29 is 18.0 Å². The molecule has 8 heteroatoms. The number of hydrogen-bond donors (Lipinski definition) is 2. The summed E-state index contributed by atoms with van der Waals surface area (Å²) in [5.41, 5.74) is 1.54. The Labute approximate surface area is 160 Å². The zero-order valence-electron chi connectivity index (χ0n) is 15.3. The molecule has 1 aromatic heterocycles. The predicted molar refractivity (Wildman–Crippen MR) is 99.7 cm³/mol. The second kappa shape index (κ2) is 8.26. The van der Waals surface area contributed by atoms with Crippen molar-refractivity contribution in [2.24, 2.45) is 0 Å². The Morgan fingerprint density at radius 1 is 1.07 bits per heavy atom. The van der Waals surface area contributed by atoms with Gasteiger partial charge in [-0.25, -0.2) is 17.9 Å². The Hall–Kier alpha value is -3.13. The minimum absolute atomic E-state index is 0.0916. The first kappa shape index (κ1) is 19.6. The summed E-state index contributed by atoms with van der Waals surface area (Å²) in [5, 5.41) is 9.93. The Bertz CT molecular complexity index is 986. The molecule has 3 aromatic rings. The molecule has 2 aromatic carbocycles. The van der Waals surface area contributed by atoms with Gasteiger partial charge in [0.05, 0.1) is 17.9 Å². The first-order valence-electron chi connectivity index (χ1n) is 8.64. The third-order valence-electron chi connectivity index (χ3n) is 4.17. The maximum absolute atomic E-state index is 13.8. The van der Waals surface area contributed by atoms with Crippen molar-refractivity contribution in [2.75, 3.05) is 11.9 Å². The van der Waals surface area contributed by atoms with Gasteiger partial charge in [0, 0.05) is 23.7 Å². The van der Waals surface area contributed by atoms with Gasteiger partial charge in [0.15, 0.2) is 0 Å². The summed E-state index contributed by atoms with van der Waals surface area (Å²) in [4.78, 5) is 12.3. The molecule has 0 aliphatic carbocycles. The van der Waals surface area contributed by atoms with Gasteiger partial charge in [-0.05, 0) is 44.2 Å². The number of amides is 1. The monoisotopic (exact) mass is 388 g/mol. The van der Waals surface area contributed by atoms with Crippen LogP contribution in [-0.2, 0) is 4.79 Å². The van der Waals surface area contributed by atoms with Crippen LogP contribution in [0, 0.1) is 24.4 Å². The maximum Gasteiger partial charge on any atom is 0.239 e. The second-order valence-corrected chi connectivity index (χ2v) is 6.38. The fourth-order valence-corrected chi connectivity index (χ4v) is 2.76. The normalized spacial score (nSPS) is 12.0. The number of aryl methyl sites for hydroxylation is 1. The molecule has 0 spiro atoms. The highest BCUT2D eigenvalue weighted by molar-refractivity contribution is 5.91. The molecule has 0 radical (unpaired) electrons. The first-order chi connectivity index (χ1) is 13.3. The summed E-state index contributed by atoms with van der Waals surface area (Å²) in [6.45, 7) is 3.36. The lowest BCUT2D eigenvalue weighted by molar-refractivity contribution is -0.115. The van der Waals surface area contributed by atoms with Gasteiger partial charge in [-0.1, -0.05) is 6.07 Å². The van der Waals surface area contributed by atoms with Crippen molar-refractivity contribution in [1.82, 2.24) is 15.1 Å². The number of aromatic nitrogens is 2. The summed E-state index contributed by atoms with van der Waals surface area (Å²) >= 11 is 0. The van der Waals surface area contributed by atoms with Gasteiger partial charge in [0.25, 0.3) is 0 Å². The van der Waals surface area contributed by atoms with Crippen LogP contribution >= 0.6 is 0 Å². The van der Waals surface area contributed by atoms with Crippen LogP contribution in [0.1, 0.15) is 24.2 Å². The van der Waals surface area contributed by atoms with E-state index in [2.05, 4.69) is 15.7 Å². The Balaban J connectivity index is 1.66. The Morgan fingerprint density at radius 2 is 1.75 bits per heavy atom. The molecule has 1 amide bonds. The molecule has 3 rings (SSSR count). The van der Waals surface area contributed by atoms with Crippen molar-refractivity contribution in [3.8, 4) is 5.69 Å². The smallest absolute Gasteiger partial charge is 0.239 e. The van der Waals surface area contributed by atoms with E-state index in [-0.39, 0.29) is 23.8 Å². The van der Waals surface area contributed by atoms with E-state index in [1.165, 1.54) is 28.9 Å². The molecule has 2 N–H and O–H groups in total. The molecular weight excluding hydrogens is 369 g/mol. The van der Waals surface area contributed by atoms with Crippen LogP contribution in [-0.4, -0.2) is 22.2 Å². The minimum Gasteiger partial charge on any atom is -0.309 e. The highest BCUT2D eigenvalue weighted by Gasteiger charge is 2.15. The van der Waals surface area contributed by atoms with Crippen molar-refractivity contribution in [1.29, 1.82) is 0 Å². The van der Waals surface area contributed by atoms with Crippen LogP contribution < -0.4 is 10.6 Å². The second-order valence-electron chi connectivity index (χ2n) is 6.38. The van der Waals surface area contributed by atoms with Crippen LogP contribution in [0.15, 0.2) is 48.5 Å². The molecular formula is C20H19F3N4O. The molecule has 1 heterocycles. The van der Waals surface area contributed by atoms with E-state index in [1.54, 1.807) is 32.0 Å². The Morgan fingerprint density at radius 3 is 2.43 bits per heavy atom. The number of anilines is 1. The van der Waals surface area contributed by atoms with Gasteiger partial charge in [-0.2, -0.15) is 5.10 Å². The lowest BCUT2D eigenvalue weighted by Gasteiger charge is -2.15. The topological polar surface area (TPSA) is 59.0 Å². The third kappa shape index (κ3) is 4.58. The van der Waals surface area contributed by atoms with Crippen LogP contribution in [0.4, 0.5) is 19.0 Å². The quantitative estimate of drug-likeness (QED) is 0.674. The number of hydrogen-bond acceptors (Lipinski definition) is 3. The van der Waals surface area contributed by atoms with E-state index in [0.717, 1.165) is 6.07 Å². The molecule has 0 saturated heterocycles. The molecule has 0 saturated carbocycles. The molecule has 0 aliphatic rings. The van der Waals surface area contributed by atoms with E-state index in [1.807, 2.05) is 0 Å². The van der Waals surface area contributed by atoms with Gasteiger partial charge >= 0.3 is 0 Å². The number of nitrogens with one attached hydrogen (secondary N) is 2. The SMILES string of the molecule is Cc1cc(NC(=O)CN[C@@H](C)c2ccc(F)cc2F)n(-c2ccc(F)cc2)n1. The largest absolute Gasteiger partial charge is 0.309 e. The van der Waals surface area contributed by atoms with Crippen molar-refractivity contribution in [3.05, 3.63) is 77.2 Å². The van der Waals surface area contributed by atoms with Gasteiger partial charge in [0.2, 0.25) is 5.91 Å². The average Bonchev–Trinajstić information content (AvgIpc) is 3.00. The van der Waals surface area contributed by atoms with Crippen LogP contribution in [0.2, 0.25) is 0 Å². The zero-order chi connectivity index (χ0) is 20.3. The number of nitrogens with zero attached hydrogens (tertiary/aromatic N) is 2. The van der Waals surface area contributed by atoms with Crippen molar-refractivity contribution in [3.63, 3.8) is 0 Å². The lowest BCUT2D eigenvalue weighted by Crippen LogP contribution is -2.31. The van der Waals surface area contributed by atoms with E-state index in [9.17, 15) is 18.0 Å².